The molecule has 178 valence electrons. The van der Waals surface area contributed by atoms with Crippen molar-refractivity contribution in [3.8, 4) is 5.75 Å². The average molecular weight is 478 g/mol. The Labute approximate surface area is 201 Å². The van der Waals surface area contributed by atoms with Crippen molar-refractivity contribution in [1.82, 2.24) is 13.9 Å². The van der Waals surface area contributed by atoms with Gasteiger partial charge >= 0.3 is 0 Å². The van der Waals surface area contributed by atoms with Gasteiger partial charge in [-0.25, -0.2) is 13.4 Å². The summed E-state index contributed by atoms with van der Waals surface area (Å²) in [5, 5.41) is 0. The van der Waals surface area contributed by atoms with Crippen LogP contribution in [0, 0.1) is 0 Å². The fourth-order valence-corrected chi connectivity index (χ4v) is 5.08. The van der Waals surface area contributed by atoms with Gasteiger partial charge in [0, 0.05) is 13.6 Å². The zero-order chi connectivity index (χ0) is 24.0. The van der Waals surface area contributed by atoms with E-state index in [2.05, 4.69) is 23.6 Å². The van der Waals surface area contributed by atoms with Gasteiger partial charge in [0.1, 0.15) is 11.6 Å². The van der Waals surface area contributed by atoms with E-state index < -0.39 is 10.0 Å². The normalized spacial score (nSPS) is 11.9. The number of benzene rings is 3. The number of sulfonamides is 1. The molecule has 0 aliphatic rings. The molecule has 6 nitrogen and oxygen atoms in total. The smallest absolute Gasteiger partial charge is 0.243 e. The van der Waals surface area contributed by atoms with E-state index in [1.165, 1.54) is 9.87 Å². The maximum atomic E-state index is 13.0. The van der Waals surface area contributed by atoms with Crippen LogP contribution in [0.2, 0.25) is 0 Å². The van der Waals surface area contributed by atoms with Crippen molar-refractivity contribution >= 4 is 21.1 Å². The minimum Gasteiger partial charge on any atom is -0.494 e. The largest absolute Gasteiger partial charge is 0.494 e. The monoisotopic (exact) mass is 477 g/mol. The van der Waals surface area contributed by atoms with Gasteiger partial charge in [-0.15, -0.1) is 0 Å². The highest BCUT2D eigenvalue weighted by atomic mass is 32.2. The van der Waals surface area contributed by atoms with E-state index in [-0.39, 0.29) is 11.4 Å². The zero-order valence-corrected chi connectivity index (χ0v) is 20.5. The number of ether oxygens (including phenoxy) is 1. The topological polar surface area (TPSA) is 64.4 Å². The molecule has 0 aliphatic heterocycles. The first-order valence-electron chi connectivity index (χ1n) is 11.7. The van der Waals surface area contributed by atoms with Gasteiger partial charge in [-0.3, -0.25) is 0 Å². The van der Waals surface area contributed by atoms with E-state index in [0.717, 1.165) is 48.4 Å². The van der Waals surface area contributed by atoms with Gasteiger partial charge < -0.3 is 9.30 Å². The van der Waals surface area contributed by atoms with E-state index in [0.29, 0.717) is 6.61 Å². The minimum absolute atomic E-state index is 0.201. The van der Waals surface area contributed by atoms with Crippen LogP contribution in [-0.4, -0.2) is 35.9 Å². The molecule has 0 saturated heterocycles. The van der Waals surface area contributed by atoms with E-state index >= 15 is 0 Å². The zero-order valence-electron chi connectivity index (χ0n) is 19.7. The number of nitrogens with zero attached hydrogens (tertiary/aromatic N) is 3. The molecule has 34 heavy (non-hydrogen) atoms. The van der Waals surface area contributed by atoms with Crippen molar-refractivity contribution in [3.05, 3.63) is 90.3 Å². The lowest BCUT2D eigenvalue weighted by Crippen LogP contribution is -2.28. The van der Waals surface area contributed by atoms with E-state index in [1.54, 1.807) is 31.3 Å². The Morgan fingerprint density at radius 2 is 1.62 bits per heavy atom. The molecule has 0 spiro atoms. The predicted molar refractivity (Wildman–Crippen MR) is 135 cm³/mol. The number of aryl methyl sites for hydroxylation is 2. The second kappa shape index (κ2) is 10.8. The van der Waals surface area contributed by atoms with Crippen LogP contribution in [0.3, 0.4) is 0 Å². The average Bonchev–Trinajstić information content (AvgIpc) is 3.21. The van der Waals surface area contributed by atoms with E-state index in [4.69, 9.17) is 9.72 Å². The third-order valence-electron chi connectivity index (χ3n) is 5.93. The fourth-order valence-electron chi connectivity index (χ4n) is 3.94. The van der Waals surface area contributed by atoms with Gasteiger partial charge in [0.25, 0.3) is 0 Å². The summed E-state index contributed by atoms with van der Waals surface area (Å²) in [4.78, 5) is 5.03. The second-order valence-corrected chi connectivity index (χ2v) is 10.3. The van der Waals surface area contributed by atoms with Gasteiger partial charge in [0.05, 0.1) is 29.1 Å². The lowest BCUT2D eigenvalue weighted by molar-refractivity contribution is 0.303. The Morgan fingerprint density at radius 3 is 2.35 bits per heavy atom. The summed E-state index contributed by atoms with van der Waals surface area (Å²) in [6.45, 7) is 3.72. The molecule has 0 fully saturated rings. The van der Waals surface area contributed by atoms with Crippen molar-refractivity contribution < 1.29 is 13.2 Å². The second-order valence-electron chi connectivity index (χ2n) is 8.30. The Hall–Kier alpha value is -3.16. The van der Waals surface area contributed by atoms with Gasteiger partial charge in [-0.05, 0) is 61.2 Å². The molecule has 0 amide bonds. The maximum absolute atomic E-state index is 13.0. The first kappa shape index (κ1) is 24.0. The molecule has 3 aromatic carbocycles. The molecular weight excluding hydrogens is 446 g/mol. The lowest BCUT2D eigenvalue weighted by Gasteiger charge is -2.18. The number of unbranched alkanes of at least 4 members (excludes halogenated alkanes) is 1. The van der Waals surface area contributed by atoms with Crippen LogP contribution in [-0.2, 0) is 29.5 Å². The molecule has 1 heterocycles. The molecule has 7 heteroatoms. The Bertz CT molecular complexity index is 1320. The summed E-state index contributed by atoms with van der Waals surface area (Å²) in [5.41, 5.74) is 3.18. The summed E-state index contributed by atoms with van der Waals surface area (Å²) >= 11 is 0. The van der Waals surface area contributed by atoms with Gasteiger partial charge in [0.2, 0.25) is 10.0 Å². The molecule has 0 aliphatic carbocycles. The summed E-state index contributed by atoms with van der Waals surface area (Å²) < 4.78 is 35.4. The summed E-state index contributed by atoms with van der Waals surface area (Å²) in [7, 11) is -2.00. The number of para-hydroxylation sites is 2. The number of hydrogen-bond acceptors (Lipinski definition) is 4. The molecule has 0 saturated carbocycles. The number of fused-ring (bicyclic) bond motifs is 1. The molecule has 1 aromatic heterocycles. The highest BCUT2D eigenvalue weighted by molar-refractivity contribution is 7.89. The summed E-state index contributed by atoms with van der Waals surface area (Å²) in [6.07, 6.45) is 2.80. The van der Waals surface area contributed by atoms with Gasteiger partial charge in [0.15, 0.2) is 0 Å². The number of rotatable bonds is 11. The van der Waals surface area contributed by atoms with Gasteiger partial charge in [-0.1, -0.05) is 49.4 Å². The van der Waals surface area contributed by atoms with E-state index in [1.807, 2.05) is 42.5 Å². The maximum Gasteiger partial charge on any atom is 0.243 e. The highest BCUT2D eigenvalue weighted by Gasteiger charge is 2.23. The van der Waals surface area contributed by atoms with Crippen molar-refractivity contribution in [1.29, 1.82) is 0 Å². The fraction of sp³-hybridized carbons (Fsp3) is 0.296. The molecule has 4 rings (SSSR count). The van der Waals surface area contributed by atoms with Crippen molar-refractivity contribution in [2.75, 3.05) is 13.7 Å². The third-order valence-corrected chi connectivity index (χ3v) is 7.74. The Kier molecular flexibility index (Phi) is 7.65. The molecule has 0 atom stereocenters. The quantitative estimate of drug-likeness (QED) is 0.276. The SMILES string of the molecule is CCc1ccc(OCCCCn2c(CN(C)S(=O)(=O)c3ccccc3)nc3ccccc32)cc1. The van der Waals surface area contributed by atoms with Gasteiger partial charge in [-0.2, -0.15) is 4.31 Å². The van der Waals surface area contributed by atoms with Crippen LogP contribution in [0.15, 0.2) is 83.8 Å². The van der Waals surface area contributed by atoms with Crippen LogP contribution >= 0.6 is 0 Å². The first-order valence-corrected chi connectivity index (χ1v) is 13.1. The molecule has 0 radical (unpaired) electrons. The third kappa shape index (κ3) is 5.48. The predicted octanol–water partition coefficient (Wildman–Crippen LogP) is 5.28. The molecule has 0 N–H and O–H groups in total. The van der Waals surface area contributed by atoms with Crippen molar-refractivity contribution in [2.24, 2.45) is 0 Å². The molecule has 0 bridgehead atoms. The number of hydrogen-bond donors (Lipinski definition) is 0. The standard InChI is InChI=1S/C27H31N3O3S/c1-3-22-15-17-23(18-16-22)33-20-10-9-19-30-26-14-8-7-13-25(26)28-27(30)21-29(2)34(31,32)24-11-5-4-6-12-24/h4-8,11-18H,3,9-10,19-21H2,1-2H3. The van der Waals surface area contributed by atoms with Crippen LogP contribution in [0.25, 0.3) is 11.0 Å². The first-order chi connectivity index (χ1) is 16.5. The Balaban J connectivity index is 1.42. The number of aromatic nitrogens is 2. The molecular formula is C27H31N3O3S. The number of imidazole rings is 1. The van der Waals surface area contributed by atoms with E-state index in [9.17, 15) is 8.42 Å². The van der Waals surface area contributed by atoms with Crippen LogP contribution in [0.5, 0.6) is 5.75 Å². The minimum atomic E-state index is -3.60. The highest BCUT2D eigenvalue weighted by Crippen LogP contribution is 2.21. The summed E-state index contributed by atoms with van der Waals surface area (Å²) in [6, 6.07) is 24.7. The summed E-state index contributed by atoms with van der Waals surface area (Å²) in [5.74, 6) is 1.62. The van der Waals surface area contributed by atoms with Crippen LogP contribution in [0.1, 0.15) is 31.2 Å². The van der Waals surface area contributed by atoms with Crippen molar-refractivity contribution in [2.45, 2.75) is 44.2 Å². The van der Waals surface area contributed by atoms with Crippen LogP contribution < -0.4 is 4.74 Å². The van der Waals surface area contributed by atoms with Crippen LogP contribution in [0.4, 0.5) is 0 Å². The molecule has 0 unspecified atom stereocenters. The lowest BCUT2D eigenvalue weighted by atomic mass is 10.2. The van der Waals surface area contributed by atoms with Crippen molar-refractivity contribution in [3.63, 3.8) is 0 Å². The Morgan fingerprint density at radius 1 is 0.912 bits per heavy atom. The molecule has 4 aromatic rings.